The summed E-state index contributed by atoms with van der Waals surface area (Å²) in [6, 6.07) is 7.54. The van der Waals surface area contributed by atoms with Crippen LogP contribution in [-0.2, 0) is 6.18 Å². The molecule has 5 nitrogen and oxygen atoms in total. The fourth-order valence-electron chi connectivity index (χ4n) is 2.03. The van der Waals surface area contributed by atoms with Crippen molar-refractivity contribution in [3.8, 4) is 0 Å². The van der Waals surface area contributed by atoms with Gasteiger partial charge in [-0.3, -0.25) is 0 Å². The summed E-state index contributed by atoms with van der Waals surface area (Å²) in [5.74, 6) is -1.70. The van der Waals surface area contributed by atoms with Crippen molar-refractivity contribution in [1.82, 2.24) is 15.2 Å². The van der Waals surface area contributed by atoms with Crippen molar-refractivity contribution >= 4 is 23.1 Å². The minimum atomic E-state index is -4.44. The highest BCUT2D eigenvalue weighted by Crippen LogP contribution is 2.30. The number of rotatable bonds is 4. The molecule has 26 heavy (non-hydrogen) atoms. The van der Waals surface area contributed by atoms with Crippen molar-refractivity contribution in [2.45, 2.75) is 6.18 Å². The van der Waals surface area contributed by atoms with Crippen molar-refractivity contribution in [2.24, 2.45) is 0 Å². The Morgan fingerprint density at radius 1 is 0.846 bits per heavy atom. The number of nitrogens with zero attached hydrogens (tertiary/aromatic N) is 3. The molecular formula is C16H10F5N5. The number of nitrogens with one attached hydrogen (secondary N) is 2. The molecule has 134 valence electrons. The molecule has 2 N–H and O–H groups in total. The summed E-state index contributed by atoms with van der Waals surface area (Å²) in [6.45, 7) is 0. The van der Waals surface area contributed by atoms with E-state index in [1.165, 1.54) is 18.2 Å². The summed E-state index contributed by atoms with van der Waals surface area (Å²) >= 11 is 0. The zero-order valence-corrected chi connectivity index (χ0v) is 12.9. The van der Waals surface area contributed by atoms with E-state index in [2.05, 4.69) is 25.8 Å². The van der Waals surface area contributed by atoms with E-state index in [0.717, 1.165) is 30.5 Å². The van der Waals surface area contributed by atoms with Gasteiger partial charge in [-0.15, -0.1) is 5.10 Å². The van der Waals surface area contributed by atoms with E-state index in [9.17, 15) is 22.0 Å². The third kappa shape index (κ3) is 4.02. The molecule has 3 aromatic rings. The van der Waals surface area contributed by atoms with Crippen molar-refractivity contribution < 1.29 is 22.0 Å². The summed E-state index contributed by atoms with van der Waals surface area (Å²) in [5.41, 5.74) is -0.921. The van der Waals surface area contributed by atoms with E-state index >= 15 is 0 Å². The number of alkyl halides is 3. The molecule has 3 rings (SSSR count). The van der Waals surface area contributed by atoms with Crippen LogP contribution in [0.3, 0.4) is 0 Å². The Bertz CT molecular complexity index is 891. The van der Waals surface area contributed by atoms with Crippen LogP contribution >= 0.6 is 0 Å². The number of halogens is 5. The fourth-order valence-corrected chi connectivity index (χ4v) is 2.03. The van der Waals surface area contributed by atoms with Crippen molar-refractivity contribution in [2.75, 3.05) is 10.6 Å². The maximum Gasteiger partial charge on any atom is 0.416 e. The Morgan fingerprint density at radius 3 is 2.12 bits per heavy atom. The van der Waals surface area contributed by atoms with Crippen molar-refractivity contribution in [1.29, 1.82) is 0 Å². The van der Waals surface area contributed by atoms with Gasteiger partial charge < -0.3 is 10.6 Å². The van der Waals surface area contributed by atoms with Crippen molar-refractivity contribution in [3.63, 3.8) is 0 Å². The summed E-state index contributed by atoms with van der Waals surface area (Å²) < 4.78 is 64.9. The lowest BCUT2D eigenvalue weighted by Gasteiger charge is -2.10. The molecule has 0 bridgehead atoms. The molecule has 1 heterocycles. The maximum atomic E-state index is 13.6. The highest BCUT2D eigenvalue weighted by Gasteiger charge is 2.29. The van der Waals surface area contributed by atoms with Crippen LogP contribution in [-0.4, -0.2) is 15.2 Å². The first-order chi connectivity index (χ1) is 12.3. The average molecular weight is 367 g/mol. The van der Waals surface area contributed by atoms with Crippen LogP contribution in [0.5, 0.6) is 0 Å². The van der Waals surface area contributed by atoms with Gasteiger partial charge in [0.2, 0.25) is 5.95 Å². The maximum absolute atomic E-state index is 13.6. The van der Waals surface area contributed by atoms with Crippen LogP contribution in [0.25, 0.3) is 0 Å². The van der Waals surface area contributed by atoms with Gasteiger partial charge in [-0.05, 0) is 36.4 Å². The van der Waals surface area contributed by atoms with Crippen molar-refractivity contribution in [3.05, 3.63) is 65.9 Å². The fraction of sp³-hybridized carbons (Fsp3) is 0.0625. The molecule has 0 fully saturated rings. The molecule has 0 spiro atoms. The molecule has 0 aliphatic rings. The molecule has 0 atom stereocenters. The van der Waals surface area contributed by atoms with Crippen LogP contribution in [0.15, 0.2) is 48.7 Å². The standard InChI is InChI=1S/C16H10F5N5/c17-11-2-1-3-12(18)14(11)24-13-8-22-26-15(25-13)23-10-6-4-9(5-7-10)16(19,20)21/h1-8H,(H2,23,24,25,26). The number of hydrogen-bond donors (Lipinski definition) is 2. The van der Waals surface area contributed by atoms with Gasteiger partial charge in [-0.25, -0.2) is 8.78 Å². The number of hydrogen-bond acceptors (Lipinski definition) is 5. The van der Waals surface area contributed by atoms with Gasteiger partial charge in [0.05, 0.1) is 11.8 Å². The normalized spacial score (nSPS) is 11.3. The molecule has 2 aromatic carbocycles. The largest absolute Gasteiger partial charge is 0.416 e. The average Bonchev–Trinajstić information content (AvgIpc) is 2.58. The van der Waals surface area contributed by atoms with E-state index in [-0.39, 0.29) is 17.5 Å². The predicted octanol–water partition coefficient (Wildman–Crippen LogP) is 4.66. The first kappa shape index (κ1) is 17.5. The molecular weight excluding hydrogens is 357 g/mol. The third-order valence-electron chi connectivity index (χ3n) is 3.24. The molecule has 0 saturated carbocycles. The van der Waals surface area contributed by atoms with Crippen LogP contribution in [0, 0.1) is 11.6 Å². The van der Waals surface area contributed by atoms with Crippen LogP contribution in [0.4, 0.5) is 45.1 Å². The zero-order chi connectivity index (χ0) is 18.7. The SMILES string of the molecule is Fc1cccc(F)c1Nc1cnnc(Nc2ccc(C(F)(F)F)cc2)n1. The van der Waals surface area contributed by atoms with Gasteiger partial charge >= 0.3 is 6.18 Å². The molecule has 0 saturated heterocycles. The highest BCUT2D eigenvalue weighted by atomic mass is 19.4. The molecule has 10 heteroatoms. The predicted molar refractivity (Wildman–Crippen MR) is 84.2 cm³/mol. The van der Waals surface area contributed by atoms with E-state index in [1.807, 2.05) is 0 Å². The van der Waals surface area contributed by atoms with Gasteiger partial charge in [0, 0.05) is 5.69 Å². The van der Waals surface area contributed by atoms with Crippen LogP contribution in [0.1, 0.15) is 5.56 Å². The number of anilines is 4. The van der Waals surface area contributed by atoms with E-state index in [0.29, 0.717) is 0 Å². The second-order valence-electron chi connectivity index (χ2n) is 5.09. The minimum Gasteiger partial charge on any atom is -0.334 e. The van der Waals surface area contributed by atoms with Gasteiger partial charge in [-0.2, -0.15) is 23.3 Å². The Balaban J connectivity index is 1.77. The van der Waals surface area contributed by atoms with Gasteiger partial charge in [0.1, 0.15) is 17.3 Å². The lowest BCUT2D eigenvalue weighted by Crippen LogP contribution is -2.06. The Kier molecular flexibility index (Phi) is 4.65. The zero-order valence-electron chi connectivity index (χ0n) is 12.9. The molecule has 0 aliphatic heterocycles. The molecule has 0 amide bonds. The lowest BCUT2D eigenvalue weighted by molar-refractivity contribution is -0.137. The molecule has 0 unspecified atom stereocenters. The summed E-state index contributed by atoms with van der Waals surface area (Å²) in [7, 11) is 0. The van der Waals surface area contributed by atoms with E-state index < -0.39 is 29.1 Å². The topological polar surface area (TPSA) is 62.7 Å². The van der Waals surface area contributed by atoms with Gasteiger partial charge in [-0.1, -0.05) is 6.07 Å². The Hall–Kier alpha value is -3.30. The monoisotopic (exact) mass is 367 g/mol. The summed E-state index contributed by atoms with van der Waals surface area (Å²) in [4.78, 5) is 3.97. The quantitative estimate of drug-likeness (QED) is 0.657. The summed E-state index contributed by atoms with van der Waals surface area (Å²) in [5, 5.41) is 12.4. The molecule has 0 radical (unpaired) electrons. The molecule has 0 aliphatic carbocycles. The number of aromatic nitrogens is 3. The highest BCUT2D eigenvalue weighted by molar-refractivity contribution is 5.59. The first-order valence-electron chi connectivity index (χ1n) is 7.18. The second kappa shape index (κ2) is 6.90. The van der Waals surface area contributed by atoms with E-state index in [4.69, 9.17) is 0 Å². The first-order valence-corrected chi connectivity index (χ1v) is 7.18. The number of para-hydroxylation sites is 1. The van der Waals surface area contributed by atoms with Crippen LogP contribution in [0.2, 0.25) is 0 Å². The third-order valence-corrected chi connectivity index (χ3v) is 3.24. The molecule has 1 aromatic heterocycles. The Morgan fingerprint density at radius 2 is 1.50 bits per heavy atom. The minimum absolute atomic E-state index is 0.00147. The number of benzene rings is 2. The smallest absolute Gasteiger partial charge is 0.334 e. The lowest BCUT2D eigenvalue weighted by atomic mass is 10.2. The summed E-state index contributed by atoms with van der Waals surface area (Å²) in [6.07, 6.45) is -3.30. The van der Waals surface area contributed by atoms with Crippen LogP contribution < -0.4 is 10.6 Å². The van der Waals surface area contributed by atoms with Gasteiger partial charge in [0.25, 0.3) is 0 Å². The second-order valence-corrected chi connectivity index (χ2v) is 5.09. The van der Waals surface area contributed by atoms with E-state index in [1.54, 1.807) is 0 Å². The van der Waals surface area contributed by atoms with Gasteiger partial charge in [0.15, 0.2) is 5.82 Å². The Labute approximate surface area is 143 Å².